The average Bonchev–Trinajstić information content (AvgIpc) is 2.19. The van der Waals surface area contributed by atoms with E-state index in [9.17, 15) is 0 Å². The Balaban J connectivity index is 2.62. The monoisotopic (exact) mass is 187 g/mol. The lowest BCUT2D eigenvalue weighted by Crippen LogP contribution is -2.07. The van der Waals surface area contributed by atoms with E-state index in [0.29, 0.717) is 0 Å². The highest BCUT2D eigenvalue weighted by molar-refractivity contribution is 5.83. The number of benzene rings is 1. The van der Waals surface area contributed by atoms with E-state index in [2.05, 4.69) is 5.10 Å². The molecule has 0 aliphatic carbocycles. The van der Waals surface area contributed by atoms with Crippen LogP contribution in [0.25, 0.3) is 0 Å². The van der Waals surface area contributed by atoms with E-state index in [4.69, 9.17) is 5.26 Å². The fraction of sp³-hybridized carbons (Fsp3) is 0.273. The lowest BCUT2D eigenvalue weighted by molar-refractivity contribution is 0.508. The highest BCUT2D eigenvalue weighted by Crippen LogP contribution is 2.01. The summed E-state index contributed by atoms with van der Waals surface area (Å²) in [5.41, 5.74) is 2.14. The third kappa shape index (κ3) is 3.28. The summed E-state index contributed by atoms with van der Waals surface area (Å²) in [5.74, 6) is 0. The SMILES string of the molecule is CC(Cc1ccccc1)=NN(C)C#N. The molecule has 0 N–H and O–H groups in total. The maximum Gasteiger partial charge on any atom is 0.201 e. The molecule has 0 amide bonds. The first-order chi connectivity index (χ1) is 6.72. The number of hydrogen-bond donors (Lipinski definition) is 0. The summed E-state index contributed by atoms with van der Waals surface area (Å²) in [4.78, 5) is 0. The molecule has 0 fully saturated rings. The second-order valence-electron chi connectivity index (χ2n) is 3.12. The summed E-state index contributed by atoms with van der Waals surface area (Å²) < 4.78 is 0. The van der Waals surface area contributed by atoms with Gasteiger partial charge in [0.05, 0.1) is 0 Å². The first-order valence-corrected chi connectivity index (χ1v) is 4.44. The molecule has 0 aromatic heterocycles. The van der Waals surface area contributed by atoms with E-state index in [0.717, 1.165) is 12.1 Å². The Morgan fingerprint density at radius 2 is 2.07 bits per heavy atom. The van der Waals surface area contributed by atoms with Crippen LogP contribution in [-0.4, -0.2) is 17.8 Å². The smallest absolute Gasteiger partial charge is 0.201 e. The van der Waals surface area contributed by atoms with Crippen molar-refractivity contribution in [3.63, 3.8) is 0 Å². The minimum Gasteiger partial charge on any atom is -0.203 e. The van der Waals surface area contributed by atoms with Gasteiger partial charge < -0.3 is 0 Å². The molecule has 0 radical (unpaired) electrons. The number of nitrogens with zero attached hydrogens (tertiary/aromatic N) is 3. The molecule has 14 heavy (non-hydrogen) atoms. The largest absolute Gasteiger partial charge is 0.203 e. The number of nitriles is 1. The van der Waals surface area contributed by atoms with Crippen molar-refractivity contribution >= 4 is 5.71 Å². The van der Waals surface area contributed by atoms with Gasteiger partial charge in [0.1, 0.15) is 0 Å². The van der Waals surface area contributed by atoms with Crippen molar-refractivity contribution in [2.75, 3.05) is 7.05 Å². The van der Waals surface area contributed by atoms with Crippen LogP contribution < -0.4 is 0 Å². The Morgan fingerprint density at radius 1 is 1.43 bits per heavy atom. The molecule has 0 spiro atoms. The molecule has 72 valence electrons. The second kappa shape index (κ2) is 5.03. The third-order valence-corrected chi connectivity index (χ3v) is 1.77. The van der Waals surface area contributed by atoms with Gasteiger partial charge in [-0.3, -0.25) is 0 Å². The molecule has 0 aliphatic heterocycles. The lowest BCUT2D eigenvalue weighted by atomic mass is 10.1. The average molecular weight is 187 g/mol. The van der Waals surface area contributed by atoms with E-state index in [-0.39, 0.29) is 0 Å². The van der Waals surface area contributed by atoms with Crippen LogP contribution in [0.3, 0.4) is 0 Å². The molecule has 0 atom stereocenters. The highest BCUT2D eigenvalue weighted by atomic mass is 15.4. The molecule has 0 aliphatic rings. The van der Waals surface area contributed by atoms with Crippen LogP contribution in [0.4, 0.5) is 0 Å². The van der Waals surface area contributed by atoms with Crippen molar-refractivity contribution < 1.29 is 0 Å². The number of hydrazone groups is 1. The zero-order valence-corrected chi connectivity index (χ0v) is 8.44. The third-order valence-electron chi connectivity index (χ3n) is 1.77. The molecule has 3 heteroatoms. The van der Waals surface area contributed by atoms with Crippen LogP contribution in [-0.2, 0) is 6.42 Å². The molecular weight excluding hydrogens is 174 g/mol. The number of rotatable bonds is 3. The summed E-state index contributed by atoms with van der Waals surface area (Å²) in [5, 5.41) is 13.9. The first kappa shape index (κ1) is 10.3. The summed E-state index contributed by atoms with van der Waals surface area (Å²) in [7, 11) is 1.63. The number of hydrogen-bond acceptors (Lipinski definition) is 3. The predicted molar refractivity (Wildman–Crippen MR) is 56.6 cm³/mol. The van der Waals surface area contributed by atoms with Crippen molar-refractivity contribution in [3.8, 4) is 6.19 Å². The minimum atomic E-state index is 0.785. The standard InChI is InChI=1S/C11H13N3/c1-10(13-14(2)9-12)8-11-6-4-3-5-7-11/h3-7H,8H2,1-2H3. The van der Waals surface area contributed by atoms with Crippen LogP contribution in [0.15, 0.2) is 35.4 Å². The normalized spacial score (nSPS) is 10.8. The molecule has 0 unspecified atom stereocenters. The Bertz CT molecular complexity index is 349. The Labute approximate surface area is 84.3 Å². The van der Waals surface area contributed by atoms with Crippen molar-refractivity contribution in [2.45, 2.75) is 13.3 Å². The Kier molecular flexibility index (Phi) is 3.69. The van der Waals surface area contributed by atoms with Crippen molar-refractivity contribution in [1.29, 1.82) is 5.26 Å². The molecular formula is C11H13N3. The minimum absolute atomic E-state index is 0.785. The molecule has 1 rings (SSSR count). The van der Waals surface area contributed by atoms with Gasteiger partial charge >= 0.3 is 0 Å². The predicted octanol–water partition coefficient (Wildman–Crippen LogP) is 2.02. The first-order valence-electron chi connectivity index (χ1n) is 4.44. The van der Waals surface area contributed by atoms with Crippen molar-refractivity contribution in [2.24, 2.45) is 5.10 Å². The van der Waals surface area contributed by atoms with Gasteiger partial charge in [-0.1, -0.05) is 30.3 Å². The van der Waals surface area contributed by atoms with Crippen molar-refractivity contribution in [3.05, 3.63) is 35.9 Å². The molecule has 0 bridgehead atoms. The lowest BCUT2D eigenvalue weighted by Gasteiger charge is -2.04. The van der Waals surface area contributed by atoms with E-state index >= 15 is 0 Å². The van der Waals surface area contributed by atoms with Gasteiger partial charge in [-0.25, -0.2) is 5.01 Å². The Morgan fingerprint density at radius 3 is 2.64 bits per heavy atom. The van der Waals surface area contributed by atoms with Crippen LogP contribution in [0.2, 0.25) is 0 Å². The topological polar surface area (TPSA) is 39.4 Å². The Hall–Kier alpha value is -1.82. The molecule has 0 heterocycles. The van der Waals surface area contributed by atoms with Gasteiger partial charge in [0.15, 0.2) is 0 Å². The fourth-order valence-corrected chi connectivity index (χ4v) is 1.21. The zero-order valence-electron chi connectivity index (χ0n) is 8.44. The second-order valence-corrected chi connectivity index (χ2v) is 3.12. The van der Waals surface area contributed by atoms with Crippen molar-refractivity contribution in [1.82, 2.24) is 5.01 Å². The van der Waals surface area contributed by atoms with Gasteiger partial charge in [-0.2, -0.15) is 10.4 Å². The summed E-state index contributed by atoms with van der Waals surface area (Å²) in [6.07, 6.45) is 2.71. The molecule has 1 aromatic carbocycles. The summed E-state index contributed by atoms with van der Waals surface area (Å²) >= 11 is 0. The molecule has 0 saturated carbocycles. The van der Waals surface area contributed by atoms with Gasteiger partial charge in [-0.15, -0.1) is 0 Å². The van der Waals surface area contributed by atoms with E-state index in [1.165, 1.54) is 10.6 Å². The van der Waals surface area contributed by atoms with E-state index < -0.39 is 0 Å². The van der Waals surface area contributed by atoms with Gasteiger partial charge in [0, 0.05) is 19.2 Å². The molecule has 0 saturated heterocycles. The van der Waals surface area contributed by atoms with Gasteiger partial charge in [0.2, 0.25) is 6.19 Å². The van der Waals surface area contributed by atoms with Gasteiger partial charge in [0.25, 0.3) is 0 Å². The maximum atomic E-state index is 8.52. The maximum absolute atomic E-state index is 8.52. The van der Waals surface area contributed by atoms with Crippen LogP contribution in [0, 0.1) is 11.5 Å². The summed E-state index contributed by atoms with van der Waals surface area (Å²) in [6.45, 7) is 1.92. The van der Waals surface area contributed by atoms with Gasteiger partial charge in [-0.05, 0) is 12.5 Å². The zero-order chi connectivity index (χ0) is 10.4. The van der Waals surface area contributed by atoms with E-state index in [1.54, 1.807) is 7.05 Å². The van der Waals surface area contributed by atoms with Crippen LogP contribution in [0.5, 0.6) is 0 Å². The van der Waals surface area contributed by atoms with Crippen LogP contribution in [0.1, 0.15) is 12.5 Å². The highest BCUT2D eigenvalue weighted by Gasteiger charge is 1.96. The van der Waals surface area contributed by atoms with E-state index in [1.807, 2.05) is 43.4 Å². The summed E-state index contributed by atoms with van der Waals surface area (Å²) in [6, 6.07) is 10.1. The molecule has 3 nitrogen and oxygen atoms in total. The fourth-order valence-electron chi connectivity index (χ4n) is 1.21. The quantitative estimate of drug-likeness (QED) is 0.314. The van der Waals surface area contributed by atoms with Crippen LogP contribution >= 0.6 is 0 Å². The molecule has 1 aromatic rings.